The second kappa shape index (κ2) is 9.56. The van der Waals surface area contributed by atoms with Crippen molar-refractivity contribution in [2.45, 2.75) is 58.1 Å². The van der Waals surface area contributed by atoms with E-state index in [1.165, 1.54) is 0 Å². The van der Waals surface area contributed by atoms with E-state index in [2.05, 4.69) is 5.32 Å². The van der Waals surface area contributed by atoms with Crippen LogP contribution in [0.1, 0.15) is 57.6 Å². The lowest BCUT2D eigenvalue weighted by Gasteiger charge is -2.34. The van der Waals surface area contributed by atoms with Crippen molar-refractivity contribution in [2.75, 3.05) is 13.1 Å². The minimum Gasteiger partial charge on any atom is -0.388 e. The van der Waals surface area contributed by atoms with Crippen LogP contribution >= 0.6 is 0 Å². The highest BCUT2D eigenvalue weighted by Gasteiger charge is 2.28. The summed E-state index contributed by atoms with van der Waals surface area (Å²) in [5.74, 6) is 0.320. The van der Waals surface area contributed by atoms with Gasteiger partial charge < -0.3 is 15.3 Å². The monoisotopic (exact) mass is 346 g/mol. The number of carbonyl (C=O) groups is 2. The fourth-order valence-electron chi connectivity index (χ4n) is 3.34. The predicted molar refractivity (Wildman–Crippen MR) is 97.8 cm³/mol. The Labute approximate surface area is 150 Å². The van der Waals surface area contributed by atoms with Gasteiger partial charge in [-0.05, 0) is 44.6 Å². The Morgan fingerprint density at radius 2 is 1.80 bits per heavy atom. The van der Waals surface area contributed by atoms with Crippen LogP contribution in [0, 0.1) is 5.92 Å². The molecule has 2 N–H and O–H groups in total. The molecule has 25 heavy (non-hydrogen) atoms. The molecule has 0 bridgehead atoms. The smallest absolute Gasteiger partial charge is 0.222 e. The van der Waals surface area contributed by atoms with Crippen molar-refractivity contribution in [1.29, 1.82) is 0 Å². The second-order valence-electron chi connectivity index (χ2n) is 7.15. The van der Waals surface area contributed by atoms with E-state index in [0.717, 1.165) is 18.4 Å². The van der Waals surface area contributed by atoms with E-state index in [1.54, 1.807) is 0 Å². The molecule has 5 heteroatoms. The third-order valence-electron chi connectivity index (χ3n) is 4.72. The van der Waals surface area contributed by atoms with Gasteiger partial charge in [-0.2, -0.15) is 0 Å². The molecule has 1 fully saturated rings. The number of aliphatic hydroxyl groups excluding tert-OH is 1. The zero-order valence-electron chi connectivity index (χ0n) is 15.3. The predicted octanol–water partition coefficient (Wildman–Crippen LogP) is 2.65. The van der Waals surface area contributed by atoms with Crippen molar-refractivity contribution in [3.8, 4) is 0 Å². The molecule has 0 radical (unpaired) electrons. The first kappa shape index (κ1) is 19.4. The van der Waals surface area contributed by atoms with E-state index in [0.29, 0.717) is 32.4 Å². The van der Waals surface area contributed by atoms with Crippen LogP contribution < -0.4 is 5.32 Å². The average molecular weight is 346 g/mol. The molecule has 5 nitrogen and oxygen atoms in total. The molecule has 1 saturated heterocycles. The topological polar surface area (TPSA) is 69.6 Å². The van der Waals surface area contributed by atoms with Gasteiger partial charge in [-0.25, -0.2) is 0 Å². The number of piperidine rings is 1. The Morgan fingerprint density at radius 1 is 1.16 bits per heavy atom. The Bertz CT molecular complexity index is 551. The van der Waals surface area contributed by atoms with Gasteiger partial charge in [-0.3, -0.25) is 9.59 Å². The Balaban J connectivity index is 1.70. The van der Waals surface area contributed by atoms with Crippen molar-refractivity contribution in [3.05, 3.63) is 35.9 Å². The first-order valence-corrected chi connectivity index (χ1v) is 9.27. The maximum absolute atomic E-state index is 12.3. The van der Waals surface area contributed by atoms with Gasteiger partial charge in [0.2, 0.25) is 11.8 Å². The van der Waals surface area contributed by atoms with Crippen LogP contribution in [0.15, 0.2) is 30.3 Å². The van der Waals surface area contributed by atoms with Crippen LogP contribution in [0.5, 0.6) is 0 Å². The minimum atomic E-state index is -0.460. The molecule has 2 rings (SSSR count). The van der Waals surface area contributed by atoms with Gasteiger partial charge in [-0.15, -0.1) is 0 Å². The number of nitrogens with zero attached hydrogens (tertiary/aromatic N) is 1. The summed E-state index contributed by atoms with van der Waals surface area (Å²) < 4.78 is 0. The number of hydrogen-bond donors (Lipinski definition) is 2. The summed E-state index contributed by atoms with van der Waals surface area (Å²) in [7, 11) is 0. The second-order valence-corrected chi connectivity index (χ2v) is 7.15. The Kier molecular flexibility index (Phi) is 7.44. The lowest BCUT2D eigenvalue weighted by Crippen LogP contribution is -2.39. The molecule has 1 atom stereocenters. The summed E-state index contributed by atoms with van der Waals surface area (Å²) in [5.41, 5.74) is 0.948. The molecule has 0 aliphatic carbocycles. The molecule has 2 amide bonds. The van der Waals surface area contributed by atoms with Crippen molar-refractivity contribution >= 4 is 11.8 Å². The summed E-state index contributed by atoms with van der Waals surface area (Å²) in [6, 6.07) is 9.85. The van der Waals surface area contributed by atoms with E-state index in [9.17, 15) is 14.7 Å². The standard InChI is InChI=1S/C20H30N2O3/c1-15(2)21-18(23)9-6-10-19(24)22-13-11-17(12-14-22)20(25)16-7-4-3-5-8-16/h3-5,7-8,15,17,20,25H,6,9-14H2,1-2H3,(H,21,23). The number of benzene rings is 1. The van der Waals surface area contributed by atoms with Gasteiger partial charge in [0.25, 0.3) is 0 Å². The minimum absolute atomic E-state index is 0.00694. The lowest BCUT2D eigenvalue weighted by atomic mass is 9.87. The van der Waals surface area contributed by atoms with Crippen molar-refractivity contribution in [1.82, 2.24) is 10.2 Å². The first-order valence-electron chi connectivity index (χ1n) is 9.27. The molecule has 1 unspecified atom stereocenters. The Morgan fingerprint density at radius 3 is 2.40 bits per heavy atom. The fraction of sp³-hybridized carbons (Fsp3) is 0.600. The van der Waals surface area contributed by atoms with Crippen molar-refractivity contribution < 1.29 is 14.7 Å². The number of carbonyl (C=O) groups excluding carboxylic acids is 2. The average Bonchev–Trinajstić information content (AvgIpc) is 2.61. The third kappa shape index (κ3) is 6.16. The molecule has 1 aromatic carbocycles. The lowest BCUT2D eigenvalue weighted by molar-refractivity contribution is -0.133. The molecule has 1 aliphatic heterocycles. The van der Waals surface area contributed by atoms with E-state index < -0.39 is 6.10 Å². The van der Waals surface area contributed by atoms with Gasteiger partial charge in [0.05, 0.1) is 6.10 Å². The van der Waals surface area contributed by atoms with Crippen LogP contribution in [-0.4, -0.2) is 41.0 Å². The number of amides is 2. The van der Waals surface area contributed by atoms with Gasteiger partial charge in [0.1, 0.15) is 0 Å². The van der Waals surface area contributed by atoms with Crippen LogP contribution in [0.3, 0.4) is 0 Å². The summed E-state index contributed by atoms with van der Waals surface area (Å²) >= 11 is 0. The maximum Gasteiger partial charge on any atom is 0.222 e. The third-order valence-corrected chi connectivity index (χ3v) is 4.72. The van der Waals surface area contributed by atoms with E-state index in [1.807, 2.05) is 49.1 Å². The van der Waals surface area contributed by atoms with Gasteiger partial charge in [0, 0.05) is 32.0 Å². The number of likely N-dealkylation sites (tertiary alicyclic amines) is 1. The van der Waals surface area contributed by atoms with E-state index >= 15 is 0 Å². The number of hydrogen-bond acceptors (Lipinski definition) is 3. The number of aliphatic hydroxyl groups is 1. The van der Waals surface area contributed by atoms with E-state index in [4.69, 9.17) is 0 Å². The summed E-state index contributed by atoms with van der Waals surface area (Å²) in [4.78, 5) is 25.7. The Hall–Kier alpha value is -1.88. The van der Waals surface area contributed by atoms with Gasteiger partial charge in [-0.1, -0.05) is 30.3 Å². The van der Waals surface area contributed by atoms with Crippen molar-refractivity contribution in [3.63, 3.8) is 0 Å². The summed E-state index contributed by atoms with van der Waals surface area (Å²) in [6.45, 7) is 5.23. The van der Waals surface area contributed by atoms with Crippen LogP contribution in [0.2, 0.25) is 0 Å². The zero-order chi connectivity index (χ0) is 18.2. The molecule has 1 aliphatic rings. The van der Waals surface area contributed by atoms with Crippen LogP contribution in [0.4, 0.5) is 0 Å². The molecule has 1 heterocycles. The highest BCUT2D eigenvalue weighted by Crippen LogP contribution is 2.30. The maximum atomic E-state index is 12.3. The highest BCUT2D eigenvalue weighted by molar-refractivity contribution is 5.79. The SMILES string of the molecule is CC(C)NC(=O)CCCC(=O)N1CCC(C(O)c2ccccc2)CC1. The van der Waals surface area contributed by atoms with Crippen LogP contribution in [-0.2, 0) is 9.59 Å². The molecular formula is C20H30N2O3. The van der Waals surface area contributed by atoms with Crippen molar-refractivity contribution in [2.24, 2.45) is 5.92 Å². The molecule has 0 saturated carbocycles. The van der Waals surface area contributed by atoms with Gasteiger partial charge in [0.15, 0.2) is 0 Å². The summed E-state index contributed by atoms with van der Waals surface area (Å²) in [5, 5.41) is 13.3. The fourth-order valence-corrected chi connectivity index (χ4v) is 3.34. The van der Waals surface area contributed by atoms with E-state index in [-0.39, 0.29) is 23.8 Å². The molecule has 0 spiro atoms. The zero-order valence-corrected chi connectivity index (χ0v) is 15.3. The molecular weight excluding hydrogens is 316 g/mol. The number of rotatable bonds is 7. The van der Waals surface area contributed by atoms with Gasteiger partial charge >= 0.3 is 0 Å². The number of nitrogens with one attached hydrogen (secondary N) is 1. The summed E-state index contributed by atoms with van der Waals surface area (Å²) in [6.07, 6.45) is 2.57. The van der Waals surface area contributed by atoms with Crippen LogP contribution in [0.25, 0.3) is 0 Å². The quantitative estimate of drug-likeness (QED) is 0.797. The normalized spacial score (nSPS) is 16.7. The first-order chi connectivity index (χ1) is 12.0. The molecule has 0 aromatic heterocycles. The molecule has 138 valence electrons. The molecule has 1 aromatic rings. The highest BCUT2D eigenvalue weighted by atomic mass is 16.3. The largest absolute Gasteiger partial charge is 0.388 e.